The third-order valence-corrected chi connectivity index (χ3v) is 6.77. The first-order valence-corrected chi connectivity index (χ1v) is 12.6. The van der Waals surface area contributed by atoms with E-state index < -0.39 is 11.7 Å². The fraction of sp³-hybridized carbons (Fsp3) is 0.207. The number of benzene rings is 3. The summed E-state index contributed by atoms with van der Waals surface area (Å²) in [6, 6.07) is 22.7. The Morgan fingerprint density at radius 2 is 1.69 bits per heavy atom. The van der Waals surface area contributed by atoms with Crippen molar-refractivity contribution in [2.24, 2.45) is 0 Å². The summed E-state index contributed by atoms with van der Waals surface area (Å²) in [6.45, 7) is 1.06. The second kappa shape index (κ2) is 9.94. The molecule has 39 heavy (non-hydrogen) atoms. The smallest absolute Gasteiger partial charge is 0.416 e. The van der Waals surface area contributed by atoms with E-state index in [-0.39, 0.29) is 23.6 Å². The lowest BCUT2D eigenvalue weighted by atomic mass is 10.1. The summed E-state index contributed by atoms with van der Waals surface area (Å²) in [5, 5.41) is 0. The van der Waals surface area contributed by atoms with Gasteiger partial charge in [0.1, 0.15) is 0 Å². The molecule has 5 aromatic rings. The Balaban J connectivity index is 1.32. The first kappa shape index (κ1) is 24.7. The van der Waals surface area contributed by atoms with Crippen LogP contribution in [-0.4, -0.2) is 32.7 Å². The van der Waals surface area contributed by atoms with Crippen LogP contribution in [0.1, 0.15) is 22.4 Å². The highest BCUT2D eigenvalue weighted by Crippen LogP contribution is 2.32. The van der Waals surface area contributed by atoms with E-state index in [2.05, 4.69) is 9.97 Å². The third-order valence-electron chi connectivity index (χ3n) is 6.77. The second-order valence-electron chi connectivity index (χ2n) is 9.34. The molecule has 0 saturated carbocycles. The summed E-state index contributed by atoms with van der Waals surface area (Å²) >= 11 is 0. The lowest BCUT2D eigenvalue weighted by Gasteiger charge is -2.28. The number of para-hydroxylation sites is 1. The zero-order valence-electron chi connectivity index (χ0n) is 20.8. The maximum Gasteiger partial charge on any atom is 0.416 e. The molecule has 0 aliphatic carbocycles. The summed E-state index contributed by atoms with van der Waals surface area (Å²) in [5.74, 6) is 0.406. The summed E-state index contributed by atoms with van der Waals surface area (Å²) < 4.78 is 47.0. The number of nitrogens with one attached hydrogen (secondary N) is 1. The largest absolute Gasteiger partial charge is 0.464 e. The van der Waals surface area contributed by atoms with Crippen molar-refractivity contribution in [3.63, 3.8) is 0 Å². The highest BCUT2D eigenvalue weighted by molar-refractivity contribution is 5.78. The molecule has 1 aliphatic rings. The second-order valence-corrected chi connectivity index (χ2v) is 9.34. The maximum atomic E-state index is 13.8. The van der Waals surface area contributed by atoms with Crippen LogP contribution < -0.4 is 15.2 Å². The van der Waals surface area contributed by atoms with Gasteiger partial charge < -0.3 is 14.6 Å². The molecule has 0 radical (unpaired) electrons. The van der Waals surface area contributed by atoms with Gasteiger partial charge in [0.25, 0.3) is 5.56 Å². The van der Waals surface area contributed by atoms with Crippen LogP contribution in [0.2, 0.25) is 0 Å². The molecule has 1 aliphatic heterocycles. The van der Waals surface area contributed by atoms with Crippen LogP contribution >= 0.6 is 0 Å². The zero-order chi connectivity index (χ0) is 27.0. The molecule has 1 N–H and O–H groups in total. The van der Waals surface area contributed by atoms with E-state index in [1.165, 1.54) is 10.6 Å². The Hall–Kier alpha value is -4.60. The van der Waals surface area contributed by atoms with Crippen LogP contribution in [0.15, 0.2) is 83.7 Å². The Morgan fingerprint density at radius 1 is 0.949 bits per heavy atom. The number of hydrogen-bond acceptors (Lipinski definition) is 5. The molecule has 0 saturated heterocycles. The SMILES string of the molecule is O=c1c2c(nc(OCCc3ccccc3)n1-c1ccccc1)CCN(c1nc3ccc(C(F)(F)F)cc3[nH]1)C2. The van der Waals surface area contributed by atoms with Gasteiger partial charge in [0, 0.05) is 19.4 Å². The molecule has 0 unspecified atom stereocenters. The fourth-order valence-electron chi connectivity index (χ4n) is 4.76. The van der Waals surface area contributed by atoms with Gasteiger partial charge >= 0.3 is 12.2 Å². The molecular formula is C29H24F3N5O2. The minimum absolute atomic E-state index is 0.213. The lowest BCUT2D eigenvalue weighted by Crippen LogP contribution is -2.38. The van der Waals surface area contributed by atoms with E-state index in [1.807, 2.05) is 65.6 Å². The van der Waals surface area contributed by atoms with Crippen LogP contribution in [0.3, 0.4) is 0 Å². The number of hydrogen-bond donors (Lipinski definition) is 1. The minimum Gasteiger partial charge on any atom is -0.464 e. The predicted octanol–water partition coefficient (Wildman–Crippen LogP) is 5.31. The number of ether oxygens (including phenoxy) is 1. The average molecular weight is 532 g/mol. The monoisotopic (exact) mass is 531 g/mol. The molecule has 0 amide bonds. The number of aromatic amines is 1. The standard InChI is InChI=1S/C29H24F3N5O2/c30-29(31,32)20-11-12-24-25(17-20)34-27(33-24)36-15-13-23-22(18-36)26(38)37(21-9-5-2-6-10-21)28(35-23)39-16-14-19-7-3-1-4-8-19/h1-12,17H,13-16,18H2,(H,33,34). The molecule has 0 fully saturated rings. The number of fused-ring (bicyclic) bond motifs is 2. The van der Waals surface area contributed by atoms with Crippen LogP contribution in [0.5, 0.6) is 6.01 Å². The molecular weight excluding hydrogens is 507 g/mol. The highest BCUT2D eigenvalue weighted by Gasteiger charge is 2.31. The number of rotatable bonds is 6. The zero-order valence-corrected chi connectivity index (χ0v) is 20.8. The molecule has 7 nitrogen and oxygen atoms in total. The van der Waals surface area contributed by atoms with Gasteiger partial charge in [0.2, 0.25) is 5.95 Å². The van der Waals surface area contributed by atoms with Crippen molar-refractivity contribution in [2.45, 2.75) is 25.6 Å². The molecule has 0 spiro atoms. The first-order valence-electron chi connectivity index (χ1n) is 12.6. The van der Waals surface area contributed by atoms with Gasteiger partial charge in [-0.2, -0.15) is 13.2 Å². The molecule has 3 heterocycles. The van der Waals surface area contributed by atoms with Crippen molar-refractivity contribution in [3.8, 4) is 11.7 Å². The third kappa shape index (κ3) is 4.97. The van der Waals surface area contributed by atoms with Crippen molar-refractivity contribution in [2.75, 3.05) is 18.1 Å². The number of anilines is 1. The van der Waals surface area contributed by atoms with Crippen LogP contribution in [0.4, 0.5) is 19.1 Å². The Morgan fingerprint density at radius 3 is 2.44 bits per heavy atom. The van der Waals surface area contributed by atoms with Crippen molar-refractivity contribution in [1.29, 1.82) is 0 Å². The van der Waals surface area contributed by atoms with E-state index in [0.717, 1.165) is 17.7 Å². The Labute approximate surface area is 221 Å². The molecule has 6 rings (SSSR count). The number of alkyl halides is 3. The molecule has 3 aromatic carbocycles. The van der Waals surface area contributed by atoms with E-state index in [4.69, 9.17) is 9.72 Å². The fourth-order valence-corrected chi connectivity index (χ4v) is 4.76. The molecule has 0 atom stereocenters. The van der Waals surface area contributed by atoms with Crippen LogP contribution in [0, 0.1) is 0 Å². The lowest BCUT2D eigenvalue weighted by molar-refractivity contribution is -0.137. The Bertz CT molecular complexity index is 1680. The molecule has 2 aromatic heterocycles. The first-order chi connectivity index (χ1) is 18.9. The van der Waals surface area contributed by atoms with Gasteiger partial charge in [-0.15, -0.1) is 0 Å². The normalized spacial score (nSPS) is 13.5. The number of aromatic nitrogens is 4. The molecule has 198 valence electrons. The van der Waals surface area contributed by atoms with Crippen molar-refractivity contribution in [3.05, 3.63) is 112 Å². The highest BCUT2D eigenvalue weighted by atomic mass is 19.4. The van der Waals surface area contributed by atoms with Crippen molar-refractivity contribution < 1.29 is 17.9 Å². The average Bonchev–Trinajstić information content (AvgIpc) is 3.37. The van der Waals surface area contributed by atoms with Gasteiger partial charge in [-0.05, 0) is 35.9 Å². The summed E-state index contributed by atoms with van der Waals surface area (Å²) in [4.78, 5) is 27.9. The summed E-state index contributed by atoms with van der Waals surface area (Å²) in [5.41, 5.74) is 2.61. The van der Waals surface area contributed by atoms with Gasteiger partial charge in [-0.25, -0.2) is 14.5 Å². The summed E-state index contributed by atoms with van der Waals surface area (Å²) in [6.07, 6.45) is -3.32. The quantitative estimate of drug-likeness (QED) is 0.321. The van der Waals surface area contributed by atoms with Gasteiger partial charge in [-0.3, -0.25) is 4.79 Å². The van der Waals surface area contributed by atoms with E-state index in [0.29, 0.717) is 54.4 Å². The van der Waals surface area contributed by atoms with Crippen LogP contribution in [-0.2, 0) is 25.6 Å². The number of halogens is 3. The van der Waals surface area contributed by atoms with Gasteiger partial charge in [0.05, 0.1) is 46.7 Å². The van der Waals surface area contributed by atoms with E-state index in [1.54, 1.807) is 0 Å². The van der Waals surface area contributed by atoms with Crippen molar-refractivity contribution in [1.82, 2.24) is 19.5 Å². The number of nitrogens with zero attached hydrogens (tertiary/aromatic N) is 4. The maximum absolute atomic E-state index is 13.8. The van der Waals surface area contributed by atoms with E-state index in [9.17, 15) is 18.0 Å². The van der Waals surface area contributed by atoms with E-state index >= 15 is 0 Å². The molecule has 0 bridgehead atoms. The topological polar surface area (TPSA) is 76.0 Å². The van der Waals surface area contributed by atoms with Gasteiger partial charge in [0.15, 0.2) is 0 Å². The molecule has 10 heteroatoms. The minimum atomic E-state index is -4.45. The number of H-pyrrole nitrogens is 1. The number of imidazole rings is 1. The summed E-state index contributed by atoms with van der Waals surface area (Å²) in [7, 11) is 0. The predicted molar refractivity (Wildman–Crippen MR) is 141 cm³/mol. The van der Waals surface area contributed by atoms with Crippen molar-refractivity contribution >= 4 is 17.0 Å². The Kier molecular flexibility index (Phi) is 6.30. The van der Waals surface area contributed by atoms with Gasteiger partial charge in [-0.1, -0.05) is 48.5 Å². The van der Waals surface area contributed by atoms with Crippen LogP contribution in [0.25, 0.3) is 16.7 Å².